The van der Waals surface area contributed by atoms with Gasteiger partial charge in [0.05, 0.1) is 29.7 Å². The number of carbonyl (C=O) groups is 1. The Morgan fingerprint density at radius 1 is 1.11 bits per heavy atom. The van der Waals surface area contributed by atoms with Gasteiger partial charge in [0.1, 0.15) is 6.61 Å². The van der Waals surface area contributed by atoms with E-state index in [1.54, 1.807) is 26.8 Å². The van der Waals surface area contributed by atoms with Crippen LogP contribution in [0.5, 0.6) is 0 Å². The van der Waals surface area contributed by atoms with Gasteiger partial charge in [0, 0.05) is 12.7 Å². The topological polar surface area (TPSA) is 59.3 Å². The normalized spacial score (nSPS) is 20.9. The van der Waals surface area contributed by atoms with Crippen molar-refractivity contribution in [3.05, 3.63) is 46.0 Å². The molecule has 0 spiro atoms. The number of esters is 1. The lowest BCUT2D eigenvalue weighted by molar-refractivity contribution is -0.147. The summed E-state index contributed by atoms with van der Waals surface area (Å²) in [7, 11) is 1.13. The Balaban J connectivity index is 2.18. The number of hydrogen-bond donors (Lipinski definition) is 0. The number of carbonyl (C=O) groups excluding carboxylic acids is 1. The van der Waals surface area contributed by atoms with E-state index >= 15 is 0 Å². The van der Waals surface area contributed by atoms with Crippen LogP contribution in [0.25, 0.3) is 0 Å². The molecule has 0 bridgehead atoms. The van der Waals surface area contributed by atoms with E-state index in [0.29, 0.717) is 5.57 Å². The highest BCUT2D eigenvalue weighted by Gasteiger charge is 2.61. The van der Waals surface area contributed by atoms with Crippen molar-refractivity contribution in [2.24, 2.45) is 17.3 Å². The first-order valence-corrected chi connectivity index (χ1v) is 8.15. The maximum Gasteiger partial charge on any atom is 0.310 e. The lowest BCUT2D eigenvalue weighted by Crippen LogP contribution is -2.15. The van der Waals surface area contributed by atoms with Crippen LogP contribution in [0.4, 0.5) is 17.6 Å². The van der Waals surface area contributed by atoms with Crippen molar-refractivity contribution in [1.82, 2.24) is 0 Å². The van der Waals surface area contributed by atoms with E-state index in [2.05, 4.69) is 4.74 Å². The lowest BCUT2D eigenvalue weighted by atomic mass is 10.1. The molecule has 0 aromatic heterocycles. The molecule has 0 N–H and O–H groups in total. The van der Waals surface area contributed by atoms with Crippen molar-refractivity contribution in [3.8, 4) is 6.07 Å². The van der Waals surface area contributed by atoms with Gasteiger partial charge in [0.25, 0.3) is 0 Å². The summed E-state index contributed by atoms with van der Waals surface area (Å²) in [5.41, 5.74) is -1.94. The second-order valence-corrected chi connectivity index (χ2v) is 7.04. The van der Waals surface area contributed by atoms with Gasteiger partial charge < -0.3 is 9.47 Å². The van der Waals surface area contributed by atoms with Crippen molar-refractivity contribution in [2.45, 2.75) is 34.0 Å². The van der Waals surface area contributed by atoms with Crippen molar-refractivity contribution >= 4 is 5.97 Å². The minimum absolute atomic E-state index is 0.267. The molecule has 4 nitrogen and oxygen atoms in total. The van der Waals surface area contributed by atoms with Gasteiger partial charge in [-0.2, -0.15) is 5.26 Å². The summed E-state index contributed by atoms with van der Waals surface area (Å²) in [6, 6.07) is 1.95. The minimum atomic E-state index is -1.62. The first kappa shape index (κ1) is 20.9. The predicted molar refractivity (Wildman–Crippen MR) is 86.9 cm³/mol. The van der Waals surface area contributed by atoms with E-state index in [0.717, 1.165) is 7.11 Å². The SMILES string of the molecule is COCc1c(F)c(F)c(COC(=O)[C@@H]2[C@@H](/C=C(/C)C#N)C2(C)C)c(F)c1F. The van der Waals surface area contributed by atoms with Crippen LogP contribution < -0.4 is 0 Å². The fourth-order valence-corrected chi connectivity index (χ4v) is 3.10. The number of halogens is 4. The third-order valence-corrected chi connectivity index (χ3v) is 4.86. The maximum absolute atomic E-state index is 14.1. The molecule has 8 heteroatoms. The van der Waals surface area contributed by atoms with E-state index in [-0.39, 0.29) is 5.92 Å². The molecule has 2 atom stereocenters. The molecule has 1 aliphatic rings. The highest BCUT2D eigenvalue weighted by Crippen LogP contribution is 2.59. The molecule has 0 aliphatic heterocycles. The third kappa shape index (κ3) is 3.83. The Labute approximate surface area is 154 Å². The van der Waals surface area contributed by atoms with E-state index in [4.69, 9.17) is 10.00 Å². The van der Waals surface area contributed by atoms with Crippen molar-refractivity contribution in [3.63, 3.8) is 0 Å². The summed E-state index contributed by atoms with van der Waals surface area (Å²) in [6.07, 6.45) is 1.63. The number of rotatable bonds is 6. The summed E-state index contributed by atoms with van der Waals surface area (Å²) in [6.45, 7) is 3.57. The molecule has 0 heterocycles. The Bertz CT molecular complexity index is 813. The molecule has 1 saturated carbocycles. The molecule has 0 radical (unpaired) electrons. The average molecular weight is 385 g/mol. The number of hydrogen-bond acceptors (Lipinski definition) is 4. The number of allylic oxidation sites excluding steroid dienone is 2. The first-order chi connectivity index (χ1) is 12.6. The second kappa shape index (κ2) is 7.69. The molecule has 2 rings (SSSR count). The van der Waals surface area contributed by atoms with Crippen molar-refractivity contribution < 1.29 is 31.8 Å². The fourth-order valence-electron chi connectivity index (χ4n) is 3.10. The predicted octanol–water partition coefficient (Wildman–Crippen LogP) is 4.17. The molecule has 1 aliphatic carbocycles. The minimum Gasteiger partial charge on any atom is -0.460 e. The van der Waals surface area contributed by atoms with Gasteiger partial charge in [-0.05, 0) is 18.3 Å². The molecule has 0 unspecified atom stereocenters. The molecule has 27 heavy (non-hydrogen) atoms. The number of benzene rings is 1. The Hall–Kier alpha value is -2.40. The largest absolute Gasteiger partial charge is 0.460 e. The molecule has 1 aromatic carbocycles. The summed E-state index contributed by atoms with van der Waals surface area (Å²) >= 11 is 0. The van der Waals surface area contributed by atoms with Crippen LogP contribution in [0.15, 0.2) is 11.6 Å². The Morgan fingerprint density at radius 3 is 2.04 bits per heavy atom. The molecule has 0 saturated heterocycles. The molecule has 146 valence electrons. The van der Waals surface area contributed by atoms with Gasteiger partial charge >= 0.3 is 5.97 Å². The maximum atomic E-state index is 14.1. The molecular formula is C19H19F4NO3. The Morgan fingerprint density at radius 2 is 1.59 bits per heavy atom. The van der Waals surface area contributed by atoms with Gasteiger partial charge in [-0.3, -0.25) is 4.79 Å². The second-order valence-electron chi connectivity index (χ2n) is 7.04. The van der Waals surface area contributed by atoms with Crippen LogP contribution in [0, 0.1) is 51.9 Å². The van der Waals surface area contributed by atoms with Crippen LogP contribution in [0.3, 0.4) is 0 Å². The van der Waals surface area contributed by atoms with Crippen LogP contribution >= 0.6 is 0 Å². The average Bonchev–Trinajstić information content (AvgIpc) is 3.16. The van der Waals surface area contributed by atoms with Gasteiger partial charge in [0.15, 0.2) is 23.3 Å². The monoisotopic (exact) mass is 385 g/mol. The van der Waals surface area contributed by atoms with E-state index in [9.17, 15) is 22.4 Å². The molecule has 1 aromatic rings. The van der Waals surface area contributed by atoms with Gasteiger partial charge in [0.2, 0.25) is 0 Å². The van der Waals surface area contributed by atoms with Crippen LogP contribution in [-0.2, 0) is 27.5 Å². The smallest absolute Gasteiger partial charge is 0.310 e. The summed E-state index contributed by atoms with van der Waals surface area (Å²) in [4.78, 5) is 12.2. The van der Waals surface area contributed by atoms with Gasteiger partial charge in [-0.15, -0.1) is 0 Å². The van der Waals surface area contributed by atoms with E-state index in [1.165, 1.54) is 0 Å². The zero-order chi connectivity index (χ0) is 20.5. The number of ether oxygens (including phenoxy) is 2. The van der Waals surface area contributed by atoms with E-state index < -0.39 is 64.9 Å². The van der Waals surface area contributed by atoms with Crippen LogP contribution in [-0.4, -0.2) is 13.1 Å². The molecule has 1 fully saturated rings. The fraction of sp³-hybridized carbons (Fsp3) is 0.474. The van der Waals surface area contributed by atoms with E-state index in [1.807, 2.05) is 6.07 Å². The number of methoxy groups -OCH3 is 1. The van der Waals surface area contributed by atoms with Gasteiger partial charge in [-0.1, -0.05) is 19.9 Å². The zero-order valence-corrected chi connectivity index (χ0v) is 15.3. The lowest BCUT2D eigenvalue weighted by Gasteiger charge is -2.12. The van der Waals surface area contributed by atoms with Gasteiger partial charge in [-0.25, -0.2) is 17.6 Å². The number of nitrogens with zero attached hydrogens (tertiary/aromatic N) is 1. The summed E-state index contributed by atoms with van der Waals surface area (Å²) in [5, 5.41) is 8.83. The first-order valence-electron chi connectivity index (χ1n) is 8.15. The highest BCUT2D eigenvalue weighted by atomic mass is 19.2. The van der Waals surface area contributed by atoms with Crippen LogP contribution in [0.2, 0.25) is 0 Å². The number of nitriles is 1. The summed E-state index contributed by atoms with van der Waals surface area (Å²) in [5.74, 6) is -8.06. The zero-order valence-electron chi connectivity index (χ0n) is 15.3. The quantitative estimate of drug-likeness (QED) is 0.319. The highest BCUT2D eigenvalue weighted by molar-refractivity contribution is 5.78. The Kier molecular flexibility index (Phi) is 5.95. The standard InChI is InChI=1S/C19H19F4NO3/c1-9(6-24)5-12-13(19(12,2)3)18(25)27-8-11-16(22)14(20)10(7-26-4)15(21)17(11)23/h5,12-13H,7-8H2,1-4H3/b9-5-/t12-,13+/m1/s1. The van der Waals surface area contributed by atoms with Crippen molar-refractivity contribution in [2.75, 3.05) is 7.11 Å². The van der Waals surface area contributed by atoms with Crippen LogP contribution in [0.1, 0.15) is 31.9 Å². The summed E-state index contributed by atoms with van der Waals surface area (Å²) < 4.78 is 65.4. The molecular weight excluding hydrogens is 366 g/mol. The third-order valence-electron chi connectivity index (χ3n) is 4.86. The van der Waals surface area contributed by atoms with Crippen molar-refractivity contribution in [1.29, 1.82) is 5.26 Å². The molecule has 0 amide bonds.